The highest BCUT2D eigenvalue weighted by Crippen LogP contribution is 2.24. The van der Waals surface area contributed by atoms with Crippen LogP contribution < -0.4 is 10.7 Å². The lowest BCUT2D eigenvalue weighted by molar-refractivity contribution is -0.387. The second-order valence-electron chi connectivity index (χ2n) is 1.96. The summed E-state index contributed by atoms with van der Waals surface area (Å²) >= 11 is 0. The zero-order valence-corrected chi connectivity index (χ0v) is 5.86. The van der Waals surface area contributed by atoms with Crippen LogP contribution in [0.1, 0.15) is 0 Å². The topological polar surface area (TPSA) is 78.4 Å². The van der Waals surface area contributed by atoms with Gasteiger partial charge in [0, 0.05) is 6.07 Å². The molecule has 0 aliphatic heterocycles. The molecule has 6 heteroatoms. The lowest BCUT2D eigenvalue weighted by Crippen LogP contribution is -2.05. The van der Waals surface area contributed by atoms with Gasteiger partial charge in [-0.1, -0.05) is 6.07 Å². The number of nitrogens with two attached hydrogens (primary N) is 1. The summed E-state index contributed by atoms with van der Waals surface area (Å²) in [5.74, 6) is 3.25. The SMILES string of the molecule is NOc1cccc([N+](=O)[O-])c1F. The Morgan fingerprint density at radius 1 is 1.58 bits per heavy atom. The molecule has 0 aromatic heterocycles. The number of halogens is 1. The monoisotopic (exact) mass is 172 g/mol. The van der Waals surface area contributed by atoms with Crippen LogP contribution in [0.4, 0.5) is 10.1 Å². The van der Waals surface area contributed by atoms with Gasteiger partial charge in [-0.2, -0.15) is 10.3 Å². The first-order valence-electron chi connectivity index (χ1n) is 2.96. The molecule has 5 nitrogen and oxygen atoms in total. The van der Waals surface area contributed by atoms with Crippen molar-refractivity contribution in [2.24, 2.45) is 5.90 Å². The van der Waals surface area contributed by atoms with Crippen molar-refractivity contribution in [2.45, 2.75) is 0 Å². The molecule has 0 radical (unpaired) electrons. The molecule has 1 aromatic carbocycles. The van der Waals surface area contributed by atoms with E-state index in [2.05, 4.69) is 10.7 Å². The van der Waals surface area contributed by atoms with Gasteiger partial charge in [0.05, 0.1) is 4.92 Å². The molecule has 0 atom stereocenters. The molecule has 1 rings (SSSR count). The van der Waals surface area contributed by atoms with E-state index in [1.54, 1.807) is 0 Å². The second kappa shape index (κ2) is 3.14. The molecule has 0 spiro atoms. The van der Waals surface area contributed by atoms with E-state index < -0.39 is 16.4 Å². The first-order chi connectivity index (χ1) is 5.66. The van der Waals surface area contributed by atoms with Gasteiger partial charge in [0.25, 0.3) is 0 Å². The summed E-state index contributed by atoms with van der Waals surface area (Å²) in [4.78, 5) is 13.4. The maximum Gasteiger partial charge on any atom is 0.308 e. The van der Waals surface area contributed by atoms with Crippen molar-refractivity contribution >= 4 is 5.69 Å². The van der Waals surface area contributed by atoms with Crippen molar-refractivity contribution in [3.05, 3.63) is 34.1 Å². The quantitative estimate of drug-likeness (QED) is 0.532. The molecule has 64 valence electrons. The van der Waals surface area contributed by atoms with Crippen LogP contribution in [0, 0.1) is 15.9 Å². The zero-order chi connectivity index (χ0) is 9.14. The van der Waals surface area contributed by atoms with E-state index in [0.29, 0.717) is 0 Å². The predicted molar refractivity (Wildman–Crippen MR) is 37.9 cm³/mol. The van der Waals surface area contributed by atoms with Crippen molar-refractivity contribution in [3.63, 3.8) is 0 Å². The summed E-state index contributed by atoms with van der Waals surface area (Å²) in [7, 11) is 0. The number of nitro benzene ring substituents is 1. The van der Waals surface area contributed by atoms with Crippen LogP contribution in [0.3, 0.4) is 0 Å². The van der Waals surface area contributed by atoms with Crippen LogP contribution in [-0.4, -0.2) is 4.92 Å². The minimum absolute atomic E-state index is 0.343. The summed E-state index contributed by atoms with van der Waals surface area (Å²) in [6.45, 7) is 0. The molecule has 0 saturated carbocycles. The first-order valence-corrected chi connectivity index (χ1v) is 2.96. The summed E-state index contributed by atoms with van der Waals surface area (Å²) in [5, 5.41) is 10.2. The Balaban J connectivity index is 3.23. The molecule has 0 unspecified atom stereocenters. The summed E-state index contributed by atoms with van der Waals surface area (Å²) < 4.78 is 12.9. The van der Waals surface area contributed by atoms with Crippen LogP contribution in [0.5, 0.6) is 5.75 Å². The average Bonchev–Trinajstić information content (AvgIpc) is 2.04. The highest BCUT2D eigenvalue weighted by molar-refractivity contribution is 5.40. The Hall–Kier alpha value is -1.69. The van der Waals surface area contributed by atoms with Gasteiger partial charge in [-0.25, -0.2) is 0 Å². The maximum atomic E-state index is 12.9. The highest BCUT2D eigenvalue weighted by Gasteiger charge is 2.17. The Bertz CT molecular complexity index is 316. The first kappa shape index (κ1) is 8.41. The summed E-state index contributed by atoms with van der Waals surface area (Å²) in [5.41, 5.74) is -0.655. The Morgan fingerprint density at radius 3 is 2.75 bits per heavy atom. The van der Waals surface area contributed by atoms with E-state index in [0.717, 1.165) is 6.07 Å². The van der Waals surface area contributed by atoms with E-state index in [9.17, 15) is 14.5 Å². The minimum Gasteiger partial charge on any atom is -0.408 e. The molecular formula is C6H5FN2O3. The third kappa shape index (κ3) is 1.32. The van der Waals surface area contributed by atoms with Crippen LogP contribution in [0.2, 0.25) is 0 Å². The number of nitrogens with zero attached hydrogens (tertiary/aromatic N) is 1. The Labute approximate surface area is 66.7 Å². The molecule has 0 aliphatic carbocycles. The predicted octanol–water partition coefficient (Wildman–Crippen LogP) is 0.986. The molecule has 0 aliphatic rings. The number of rotatable bonds is 2. The molecule has 12 heavy (non-hydrogen) atoms. The Morgan fingerprint density at radius 2 is 2.25 bits per heavy atom. The molecule has 0 bridgehead atoms. The van der Waals surface area contributed by atoms with Gasteiger partial charge in [0.1, 0.15) is 0 Å². The largest absolute Gasteiger partial charge is 0.408 e. The van der Waals surface area contributed by atoms with E-state index >= 15 is 0 Å². The van der Waals surface area contributed by atoms with Gasteiger partial charge in [-0.15, -0.1) is 0 Å². The van der Waals surface area contributed by atoms with Gasteiger partial charge in [-0.3, -0.25) is 10.1 Å². The number of hydrogen-bond donors (Lipinski definition) is 1. The third-order valence-corrected chi connectivity index (χ3v) is 1.27. The fourth-order valence-corrected chi connectivity index (χ4v) is 0.731. The fraction of sp³-hybridized carbons (Fsp3) is 0. The van der Waals surface area contributed by atoms with E-state index in [1.807, 2.05) is 0 Å². The molecule has 0 amide bonds. The fourth-order valence-electron chi connectivity index (χ4n) is 0.731. The molecule has 0 fully saturated rings. The number of hydrogen-bond acceptors (Lipinski definition) is 4. The summed E-state index contributed by atoms with van der Waals surface area (Å²) in [6, 6.07) is 3.50. The van der Waals surface area contributed by atoms with Crippen LogP contribution in [-0.2, 0) is 0 Å². The average molecular weight is 172 g/mol. The lowest BCUT2D eigenvalue weighted by Gasteiger charge is -1.99. The van der Waals surface area contributed by atoms with Crippen LogP contribution in [0.15, 0.2) is 18.2 Å². The second-order valence-corrected chi connectivity index (χ2v) is 1.96. The van der Waals surface area contributed by atoms with Crippen LogP contribution >= 0.6 is 0 Å². The van der Waals surface area contributed by atoms with Crippen molar-refractivity contribution in [1.29, 1.82) is 0 Å². The van der Waals surface area contributed by atoms with Gasteiger partial charge in [0.15, 0.2) is 5.75 Å². The maximum absolute atomic E-state index is 12.9. The highest BCUT2D eigenvalue weighted by atomic mass is 19.1. The van der Waals surface area contributed by atoms with Gasteiger partial charge < -0.3 is 4.84 Å². The van der Waals surface area contributed by atoms with Crippen LogP contribution in [0.25, 0.3) is 0 Å². The van der Waals surface area contributed by atoms with E-state index in [-0.39, 0.29) is 5.75 Å². The Kier molecular flexibility index (Phi) is 2.20. The zero-order valence-electron chi connectivity index (χ0n) is 5.86. The molecular weight excluding hydrogens is 167 g/mol. The van der Waals surface area contributed by atoms with Gasteiger partial charge in [-0.05, 0) is 6.07 Å². The number of nitro groups is 1. The molecule has 0 heterocycles. The normalized spacial score (nSPS) is 9.50. The lowest BCUT2D eigenvalue weighted by atomic mass is 10.3. The third-order valence-electron chi connectivity index (χ3n) is 1.27. The van der Waals surface area contributed by atoms with Crippen molar-refractivity contribution in [2.75, 3.05) is 0 Å². The van der Waals surface area contributed by atoms with Gasteiger partial charge in [0.2, 0.25) is 5.82 Å². The standard InChI is InChI=1S/C6H5FN2O3/c7-6-4(9(10)11)2-1-3-5(6)12-8/h1-3H,8H2. The smallest absolute Gasteiger partial charge is 0.308 e. The van der Waals surface area contributed by atoms with Crippen molar-refractivity contribution in [1.82, 2.24) is 0 Å². The van der Waals surface area contributed by atoms with E-state index in [4.69, 9.17) is 0 Å². The summed E-state index contributed by atoms with van der Waals surface area (Å²) in [6.07, 6.45) is 0. The molecule has 1 aromatic rings. The number of benzene rings is 1. The minimum atomic E-state index is -1.06. The van der Waals surface area contributed by atoms with E-state index in [1.165, 1.54) is 12.1 Å². The van der Waals surface area contributed by atoms with Crippen molar-refractivity contribution in [3.8, 4) is 5.75 Å². The molecule has 2 N–H and O–H groups in total. The molecule has 0 saturated heterocycles. The van der Waals surface area contributed by atoms with Gasteiger partial charge >= 0.3 is 5.69 Å². The van der Waals surface area contributed by atoms with Crippen molar-refractivity contribution < 1.29 is 14.2 Å².